The lowest BCUT2D eigenvalue weighted by atomic mass is 10.1. The Labute approximate surface area is 147 Å². The lowest BCUT2D eigenvalue weighted by Crippen LogP contribution is -2.41. The Balaban J connectivity index is 1.60. The maximum absolute atomic E-state index is 12.2. The Hall–Kier alpha value is -1.93. The summed E-state index contributed by atoms with van der Waals surface area (Å²) in [5.74, 6) is 0.224. The molecule has 1 fully saturated rings. The summed E-state index contributed by atoms with van der Waals surface area (Å²) >= 11 is 0. The molecule has 1 aliphatic rings. The maximum Gasteiger partial charge on any atom is 0.234 e. The Morgan fingerprint density at radius 2 is 2.20 bits per heavy atom. The van der Waals surface area contributed by atoms with Gasteiger partial charge in [-0.1, -0.05) is 11.6 Å². The van der Waals surface area contributed by atoms with Crippen LogP contribution in [-0.4, -0.2) is 60.1 Å². The first-order valence-corrected chi connectivity index (χ1v) is 10.2. The minimum absolute atomic E-state index is 0.0749. The number of hydrogen-bond acceptors (Lipinski definition) is 5. The highest BCUT2D eigenvalue weighted by Crippen LogP contribution is 2.19. The first-order valence-electron chi connectivity index (χ1n) is 8.35. The van der Waals surface area contributed by atoms with Crippen molar-refractivity contribution < 1.29 is 13.2 Å². The number of carbonyl (C=O) groups excluding carboxylic acids is 1. The van der Waals surface area contributed by atoms with Crippen molar-refractivity contribution in [2.24, 2.45) is 7.05 Å². The molecule has 0 bridgehead atoms. The number of benzene rings is 1. The van der Waals surface area contributed by atoms with Crippen molar-refractivity contribution in [2.75, 3.05) is 25.1 Å². The van der Waals surface area contributed by atoms with E-state index in [0.29, 0.717) is 13.0 Å². The molecule has 8 heteroatoms. The molecule has 1 amide bonds. The van der Waals surface area contributed by atoms with Gasteiger partial charge in [-0.05, 0) is 32.5 Å². The van der Waals surface area contributed by atoms with Crippen molar-refractivity contribution in [1.82, 2.24) is 20.0 Å². The molecule has 1 aliphatic heterocycles. The monoisotopic (exact) mass is 364 g/mol. The smallest absolute Gasteiger partial charge is 0.234 e. The topological polar surface area (TPSA) is 84.3 Å². The molecule has 25 heavy (non-hydrogen) atoms. The molecule has 2 heterocycles. The number of carbonyl (C=O) groups is 1. The second-order valence-electron chi connectivity index (χ2n) is 6.84. The molecule has 1 saturated heterocycles. The Morgan fingerprint density at radius 3 is 2.88 bits per heavy atom. The summed E-state index contributed by atoms with van der Waals surface area (Å²) in [7, 11) is 0.739. The molecular weight excluding hydrogens is 340 g/mol. The average molecular weight is 364 g/mol. The molecule has 1 unspecified atom stereocenters. The molecule has 1 aromatic carbocycles. The fourth-order valence-electron chi connectivity index (χ4n) is 3.30. The van der Waals surface area contributed by atoms with Crippen molar-refractivity contribution in [3.63, 3.8) is 0 Å². The molecule has 3 rings (SSSR count). The largest absolute Gasteiger partial charge is 0.349 e. The fourth-order valence-corrected chi connectivity index (χ4v) is 5.10. The van der Waals surface area contributed by atoms with E-state index in [1.165, 1.54) is 0 Å². The zero-order valence-corrected chi connectivity index (χ0v) is 15.6. The van der Waals surface area contributed by atoms with Crippen LogP contribution in [0.4, 0.5) is 0 Å². The molecule has 0 saturated carbocycles. The van der Waals surface area contributed by atoms with Crippen LogP contribution in [0, 0.1) is 6.92 Å². The zero-order chi connectivity index (χ0) is 18.2. The number of likely N-dealkylation sites (N-methyl/N-ethyl adjacent to an activating group) is 1. The SMILES string of the molecule is Cc1ccc2c(c1)c(CNC(=O)CN(C)C1CCS(=O)(=O)C1)nn2C. The van der Waals surface area contributed by atoms with Gasteiger partial charge in [0, 0.05) is 18.5 Å². The lowest BCUT2D eigenvalue weighted by molar-refractivity contribution is -0.122. The number of hydrogen-bond donors (Lipinski definition) is 1. The van der Waals surface area contributed by atoms with E-state index < -0.39 is 9.84 Å². The molecule has 0 radical (unpaired) electrons. The van der Waals surface area contributed by atoms with Crippen molar-refractivity contribution in [1.29, 1.82) is 0 Å². The van der Waals surface area contributed by atoms with Crippen LogP contribution in [-0.2, 0) is 28.2 Å². The van der Waals surface area contributed by atoms with E-state index in [2.05, 4.69) is 16.5 Å². The van der Waals surface area contributed by atoms with E-state index in [1.54, 1.807) is 7.05 Å². The summed E-state index contributed by atoms with van der Waals surface area (Å²) in [4.78, 5) is 14.0. The molecule has 1 atom stereocenters. The number of amides is 1. The predicted molar refractivity (Wildman–Crippen MR) is 97.0 cm³/mol. The summed E-state index contributed by atoms with van der Waals surface area (Å²) < 4.78 is 24.9. The number of aromatic nitrogens is 2. The van der Waals surface area contributed by atoms with E-state index in [4.69, 9.17) is 0 Å². The van der Waals surface area contributed by atoms with Gasteiger partial charge >= 0.3 is 0 Å². The van der Waals surface area contributed by atoms with Crippen molar-refractivity contribution in [3.05, 3.63) is 29.5 Å². The molecule has 0 spiro atoms. The highest BCUT2D eigenvalue weighted by molar-refractivity contribution is 7.91. The highest BCUT2D eigenvalue weighted by Gasteiger charge is 2.31. The van der Waals surface area contributed by atoms with Crippen LogP contribution in [0.5, 0.6) is 0 Å². The van der Waals surface area contributed by atoms with Gasteiger partial charge < -0.3 is 5.32 Å². The molecule has 0 aliphatic carbocycles. The van der Waals surface area contributed by atoms with E-state index >= 15 is 0 Å². The Morgan fingerprint density at radius 1 is 1.44 bits per heavy atom. The number of fused-ring (bicyclic) bond motifs is 1. The number of nitrogens with zero attached hydrogens (tertiary/aromatic N) is 3. The third kappa shape index (κ3) is 4.01. The lowest BCUT2D eigenvalue weighted by Gasteiger charge is -2.22. The van der Waals surface area contributed by atoms with Gasteiger partial charge in [0.25, 0.3) is 0 Å². The molecule has 136 valence electrons. The first-order chi connectivity index (χ1) is 11.7. The van der Waals surface area contributed by atoms with Gasteiger partial charge in [0.1, 0.15) is 0 Å². The van der Waals surface area contributed by atoms with Crippen LogP contribution in [0.1, 0.15) is 17.7 Å². The van der Waals surface area contributed by atoms with E-state index in [9.17, 15) is 13.2 Å². The zero-order valence-electron chi connectivity index (χ0n) is 14.8. The summed E-state index contributed by atoms with van der Waals surface area (Å²) in [6.07, 6.45) is 0.594. The minimum Gasteiger partial charge on any atom is -0.349 e. The summed E-state index contributed by atoms with van der Waals surface area (Å²) in [6.45, 7) is 2.57. The minimum atomic E-state index is -2.94. The summed E-state index contributed by atoms with van der Waals surface area (Å²) in [6, 6.07) is 6.06. The van der Waals surface area contributed by atoms with Gasteiger partial charge in [0.15, 0.2) is 9.84 Å². The van der Waals surface area contributed by atoms with Crippen LogP contribution in [0.15, 0.2) is 18.2 Å². The Bertz CT molecular complexity index is 904. The van der Waals surface area contributed by atoms with Crippen LogP contribution in [0.25, 0.3) is 10.9 Å². The molecular formula is C17H24N4O3S. The van der Waals surface area contributed by atoms with Crippen molar-refractivity contribution in [2.45, 2.75) is 25.9 Å². The maximum atomic E-state index is 12.2. The predicted octanol–water partition coefficient (Wildman–Crippen LogP) is 0.617. The quantitative estimate of drug-likeness (QED) is 0.841. The van der Waals surface area contributed by atoms with Gasteiger partial charge in [0.05, 0.1) is 35.8 Å². The summed E-state index contributed by atoms with van der Waals surface area (Å²) in [5, 5.41) is 8.42. The van der Waals surface area contributed by atoms with Gasteiger partial charge in [-0.25, -0.2) is 8.42 Å². The number of nitrogens with one attached hydrogen (secondary N) is 1. The summed E-state index contributed by atoms with van der Waals surface area (Å²) in [5.41, 5.74) is 3.01. The standard InChI is InChI=1S/C17H24N4O3S/c1-12-4-5-16-14(8-12)15(19-21(16)3)9-18-17(22)10-20(2)13-6-7-25(23,24)11-13/h4-5,8,13H,6-7,9-11H2,1-3H3,(H,18,22). The average Bonchev–Trinajstić information content (AvgIpc) is 3.05. The normalized spacial score (nSPS) is 19.6. The number of sulfone groups is 1. The molecule has 2 aromatic rings. The van der Waals surface area contributed by atoms with Crippen molar-refractivity contribution >= 4 is 26.6 Å². The van der Waals surface area contributed by atoms with E-state index in [1.807, 2.05) is 35.7 Å². The number of aryl methyl sites for hydroxylation is 2. The second kappa shape index (κ2) is 6.76. The third-order valence-corrected chi connectivity index (χ3v) is 6.51. The molecule has 1 aromatic heterocycles. The Kier molecular flexibility index (Phi) is 4.83. The van der Waals surface area contributed by atoms with Crippen molar-refractivity contribution in [3.8, 4) is 0 Å². The molecule has 7 nitrogen and oxygen atoms in total. The van der Waals surface area contributed by atoms with E-state index in [0.717, 1.165) is 22.2 Å². The van der Waals surface area contributed by atoms with Gasteiger partial charge in [0.2, 0.25) is 5.91 Å². The van der Waals surface area contributed by atoms with Crippen LogP contribution in [0.2, 0.25) is 0 Å². The molecule has 1 N–H and O–H groups in total. The second-order valence-corrected chi connectivity index (χ2v) is 9.07. The van der Waals surface area contributed by atoms with Gasteiger partial charge in [-0.3, -0.25) is 14.4 Å². The van der Waals surface area contributed by atoms with Crippen LogP contribution >= 0.6 is 0 Å². The van der Waals surface area contributed by atoms with Crippen LogP contribution < -0.4 is 5.32 Å². The number of rotatable bonds is 5. The first kappa shape index (κ1) is 17.9. The fraction of sp³-hybridized carbons (Fsp3) is 0.529. The van der Waals surface area contributed by atoms with Crippen LogP contribution in [0.3, 0.4) is 0 Å². The van der Waals surface area contributed by atoms with E-state index in [-0.39, 0.29) is 30.0 Å². The van der Waals surface area contributed by atoms with Gasteiger partial charge in [-0.2, -0.15) is 5.10 Å². The third-order valence-electron chi connectivity index (χ3n) is 4.76. The highest BCUT2D eigenvalue weighted by atomic mass is 32.2. The van der Waals surface area contributed by atoms with Gasteiger partial charge in [-0.15, -0.1) is 0 Å².